The maximum absolute atomic E-state index is 5.64. The molecule has 0 aromatic rings. The van der Waals surface area contributed by atoms with Gasteiger partial charge in [-0.15, -0.1) is 7.47 Å². The van der Waals surface area contributed by atoms with Crippen LogP contribution in [0.1, 0.15) is 13.3 Å². The summed E-state index contributed by atoms with van der Waals surface area (Å²) >= 11 is 0. The molecule has 0 saturated heterocycles. The van der Waals surface area contributed by atoms with Crippen LogP contribution < -0.4 is 0 Å². The fourth-order valence-electron chi connectivity index (χ4n) is 1.89. The van der Waals surface area contributed by atoms with Crippen LogP contribution in [0.15, 0.2) is 0 Å². The summed E-state index contributed by atoms with van der Waals surface area (Å²) in [5, 5.41) is 0.467. The average Bonchev–Trinajstić information content (AvgIpc) is 2.24. The van der Waals surface area contributed by atoms with Crippen molar-refractivity contribution in [3.63, 3.8) is 0 Å². The van der Waals surface area contributed by atoms with Gasteiger partial charge in [-0.2, -0.15) is 0 Å². The standard InChI is InChI=1S/C10H27O3PSi2/c1-9-10(14(5)15(6,7)8)16(11-2,12-3)13-4/h10H,9H2,1-8H3. The summed E-state index contributed by atoms with van der Waals surface area (Å²) in [6.45, 7) is 11.8. The van der Waals surface area contributed by atoms with Crippen LogP contribution in [0.5, 0.6) is 0 Å². The van der Waals surface area contributed by atoms with Gasteiger partial charge in [0.25, 0.3) is 0 Å². The summed E-state index contributed by atoms with van der Waals surface area (Å²) in [6.07, 6.45) is 1.08. The highest BCUT2D eigenvalue weighted by Crippen LogP contribution is 2.52. The van der Waals surface area contributed by atoms with Crippen molar-refractivity contribution in [2.45, 2.75) is 38.3 Å². The second-order valence-corrected chi connectivity index (χ2v) is 20.9. The lowest BCUT2D eigenvalue weighted by Gasteiger charge is -2.40. The van der Waals surface area contributed by atoms with Crippen LogP contribution in [-0.4, -0.2) is 49.8 Å². The third-order valence-electron chi connectivity index (χ3n) is 3.17. The molecule has 2 atom stereocenters. The van der Waals surface area contributed by atoms with Crippen molar-refractivity contribution in [1.82, 2.24) is 0 Å². The molecule has 0 aliphatic heterocycles. The minimum Gasteiger partial charge on any atom is -0.376 e. The molecule has 0 aromatic carbocycles. The van der Waals surface area contributed by atoms with E-state index in [2.05, 4.69) is 33.2 Å². The zero-order valence-electron chi connectivity index (χ0n) is 12.0. The van der Waals surface area contributed by atoms with Gasteiger partial charge in [-0.05, 0) is 13.1 Å². The van der Waals surface area contributed by atoms with Crippen LogP contribution in [0.2, 0.25) is 19.6 Å². The molecule has 16 heavy (non-hydrogen) atoms. The molecule has 0 bridgehead atoms. The smallest absolute Gasteiger partial charge is 0.376 e. The predicted molar refractivity (Wildman–Crippen MR) is 77.1 cm³/mol. The Bertz CT molecular complexity index is 196. The van der Waals surface area contributed by atoms with Crippen molar-refractivity contribution in [3.05, 3.63) is 0 Å². The van der Waals surface area contributed by atoms with E-state index >= 15 is 0 Å². The highest BCUT2D eigenvalue weighted by molar-refractivity contribution is 7.95. The summed E-state index contributed by atoms with van der Waals surface area (Å²) < 4.78 is 16.9. The Kier molecular flexibility index (Phi) is 6.92. The van der Waals surface area contributed by atoms with Gasteiger partial charge in [-0.1, -0.05) is 26.6 Å². The molecule has 3 nitrogen and oxygen atoms in total. The fourth-order valence-corrected chi connectivity index (χ4v) is 16.3. The van der Waals surface area contributed by atoms with Gasteiger partial charge in [0, 0.05) is 26.6 Å². The summed E-state index contributed by atoms with van der Waals surface area (Å²) in [4.78, 5) is 0. The second kappa shape index (κ2) is 6.62. The first-order chi connectivity index (χ1) is 7.29. The zero-order chi connectivity index (χ0) is 13.0. The lowest BCUT2D eigenvalue weighted by atomic mass is 10.6. The molecule has 2 unspecified atom stereocenters. The predicted octanol–water partition coefficient (Wildman–Crippen LogP) is 3.13. The molecule has 0 saturated carbocycles. The van der Waals surface area contributed by atoms with Gasteiger partial charge in [0.2, 0.25) is 0 Å². The Balaban J connectivity index is 5.09. The molecule has 0 heterocycles. The van der Waals surface area contributed by atoms with Crippen LogP contribution in [0.25, 0.3) is 0 Å². The summed E-state index contributed by atoms with van der Waals surface area (Å²) in [6, 6.07) is 0. The third-order valence-corrected chi connectivity index (χ3v) is 19.7. The molecule has 6 heteroatoms. The SMILES string of the molecule is CCC(P(C)[Si](C)(C)C)[Si](OC)(OC)OC. The van der Waals surface area contributed by atoms with E-state index in [4.69, 9.17) is 13.3 Å². The van der Waals surface area contributed by atoms with Gasteiger partial charge in [0.05, 0.1) is 7.74 Å². The lowest BCUT2D eigenvalue weighted by molar-refractivity contribution is 0.120. The van der Waals surface area contributed by atoms with Crippen molar-refractivity contribution >= 4 is 24.0 Å². The Hall–Kier alpha value is 0.744. The third kappa shape index (κ3) is 3.62. The second-order valence-electron chi connectivity index (χ2n) is 4.92. The van der Waals surface area contributed by atoms with E-state index in [0.29, 0.717) is 5.28 Å². The lowest BCUT2D eigenvalue weighted by Crippen LogP contribution is -2.54. The van der Waals surface area contributed by atoms with Gasteiger partial charge >= 0.3 is 8.80 Å². The molecule has 0 N–H and O–H groups in total. The molecule has 0 aliphatic rings. The number of hydrogen-bond acceptors (Lipinski definition) is 3. The van der Waals surface area contributed by atoms with Crippen molar-refractivity contribution in [1.29, 1.82) is 0 Å². The topological polar surface area (TPSA) is 27.7 Å². The quantitative estimate of drug-likeness (QED) is 0.530. The first kappa shape index (κ1) is 16.7. The van der Waals surface area contributed by atoms with E-state index in [0.717, 1.165) is 6.42 Å². The molecule has 0 aliphatic carbocycles. The summed E-state index contributed by atoms with van der Waals surface area (Å²) in [5.74, 6) is 0. The van der Waals surface area contributed by atoms with Gasteiger partial charge in [-0.25, -0.2) is 0 Å². The Morgan fingerprint density at radius 3 is 1.56 bits per heavy atom. The highest BCUT2D eigenvalue weighted by atomic mass is 31.4. The van der Waals surface area contributed by atoms with Crippen LogP contribution in [0.4, 0.5) is 0 Å². The Morgan fingerprint density at radius 2 is 1.38 bits per heavy atom. The maximum atomic E-state index is 5.64. The average molecular weight is 282 g/mol. The minimum absolute atomic E-state index is 0.0649. The molecular formula is C10H27O3PSi2. The molecule has 0 rings (SSSR count). The molecule has 0 amide bonds. The molecular weight excluding hydrogens is 255 g/mol. The van der Waals surface area contributed by atoms with Gasteiger partial charge in [-0.3, -0.25) is 0 Å². The van der Waals surface area contributed by atoms with Gasteiger partial charge in [0.1, 0.15) is 0 Å². The Morgan fingerprint density at radius 1 is 1.00 bits per heavy atom. The van der Waals surface area contributed by atoms with Crippen LogP contribution in [0, 0.1) is 0 Å². The first-order valence-corrected chi connectivity index (χ1v) is 13.7. The van der Waals surface area contributed by atoms with Crippen LogP contribution >= 0.6 is 7.47 Å². The van der Waals surface area contributed by atoms with E-state index in [9.17, 15) is 0 Å². The zero-order valence-corrected chi connectivity index (χ0v) is 14.9. The molecule has 0 spiro atoms. The maximum Gasteiger partial charge on any atom is 0.507 e. The molecule has 98 valence electrons. The summed E-state index contributed by atoms with van der Waals surface area (Å²) in [5.41, 5.74) is 0. The van der Waals surface area contributed by atoms with E-state index in [1.807, 2.05) is 0 Å². The molecule has 0 aromatic heterocycles. The van der Waals surface area contributed by atoms with Gasteiger partial charge < -0.3 is 13.3 Å². The van der Waals surface area contributed by atoms with E-state index in [-0.39, 0.29) is 7.47 Å². The fraction of sp³-hybridized carbons (Fsp3) is 1.00. The van der Waals surface area contributed by atoms with E-state index < -0.39 is 16.5 Å². The van der Waals surface area contributed by atoms with Crippen LogP contribution in [0.3, 0.4) is 0 Å². The number of hydrogen-bond donors (Lipinski definition) is 0. The van der Waals surface area contributed by atoms with Crippen molar-refractivity contribution < 1.29 is 13.3 Å². The van der Waals surface area contributed by atoms with Crippen molar-refractivity contribution in [2.75, 3.05) is 28.0 Å². The van der Waals surface area contributed by atoms with Crippen molar-refractivity contribution in [3.8, 4) is 0 Å². The van der Waals surface area contributed by atoms with E-state index in [1.54, 1.807) is 21.3 Å². The normalized spacial score (nSPS) is 17.2. The largest absolute Gasteiger partial charge is 0.507 e. The first-order valence-electron chi connectivity index (χ1n) is 5.67. The highest BCUT2D eigenvalue weighted by Gasteiger charge is 2.51. The monoisotopic (exact) mass is 282 g/mol. The molecule has 0 radical (unpaired) electrons. The van der Waals surface area contributed by atoms with Gasteiger partial charge in [0.15, 0.2) is 0 Å². The minimum atomic E-state index is -2.46. The summed E-state index contributed by atoms with van der Waals surface area (Å²) in [7, 11) is 1.49. The molecule has 0 fully saturated rings. The van der Waals surface area contributed by atoms with E-state index in [1.165, 1.54) is 0 Å². The van der Waals surface area contributed by atoms with Crippen molar-refractivity contribution in [2.24, 2.45) is 0 Å². The Labute approximate surface area is 104 Å². The number of rotatable bonds is 7. The van der Waals surface area contributed by atoms with Crippen LogP contribution in [-0.2, 0) is 13.3 Å².